The van der Waals surface area contributed by atoms with E-state index in [4.69, 9.17) is 4.74 Å². The number of hydrogen-bond donors (Lipinski definition) is 3. The molecular weight excluding hydrogens is 638 g/mol. The third-order valence-corrected chi connectivity index (χ3v) is 9.78. The van der Waals surface area contributed by atoms with Gasteiger partial charge in [0.2, 0.25) is 11.8 Å². The molecule has 9 heteroatoms. The fourth-order valence-electron chi connectivity index (χ4n) is 6.85. The van der Waals surface area contributed by atoms with Crippen LogP contribution in [0.2, 0.25) is 0 Å². The van der Waals surface area contributed by atoms with Crippen molar-refractivity contribution in [3.63, 3.8) is 0 Å². The summed E-state index contributed by atoms with van der Waals surface area (Å²) in [6.45, 7) is 0.179. The van der Waals surface area contributed by atoms with Crippen molar-refractivity contribution in [2.24, 2.45) is 17.8 Å². The predicted molar refractivity (Wildman–Crippen MR) is 162 cm³/mol. The van der Waals surface area contributed by atoms with Crippen molar-refractivity contribution in [3.8, 4) is 5.75 Å². The molecule has 3 N–H and O–H groups in total. The van der Waals surface area contributed by atoms with Crippen molar-refractivity contribution < 1.29 is 28.9 Å². The topological polar surface area (TPSA) is 99.1 Å². The van der Waals surface area contributed by atoms with E-state index >= 15 is 0 Å². The third kappa shape index (κ3) is 7.29. The highest BCUT2D eigenvalue weighted by atomic mass is 127. The van der Waals surface area contributed by atoms with E-state index in [1.54, 1.807) is 23.1 Å². The van der Waals surface area contributed by atoms with Gasteiger partial charge in [0.15, 0.2) is 0 Å². The first-order valence-electron chi connectivity index (χ1n) is 14.5. The number of ether oxygens (including phenoxy) is 1. The van der Waals surface area contributed by atoms with Crippen LogP contribution in [0.25, 0.3) is 0 Å². The number of aliphatic hydroxyl groups excluding tert-OH is 2. The molecule has 6 atom stereocenters. The number of fused-ring (bicyclic) bond motifs is 2. The van der Waals surface area contributed by atoms with Gasteiger partial charge >= 0.3 is 0 Å². The second kappa shape index (κ2) is 13.6. The smallest absolute Gasteiger partial charge is 0.247 e. The molecule has 2 amide bonds. The van der Waals surface area contributed by atoms with Crippen molar-refractivity contribution in [1.82, 2.24) is 10.2 Å². The number of aliphatic hydroxyl groups is 2. The molecule has 0 spiro atoms. The van der Waals surface area contributed by atoms with Gasteiger partial charge < -0.3 is 25.2 Å². The summed E-state index contributed by atoms with van der Waals surface area (Å²) in [6, 6.07) is 13.1. The van der Waals surface area contributed by atoms with Crippen LogP contribution >= 0.6 is 22.6 Å². The van der Waals surface area contributed by atoms with Crippen LogP contribution in [0.1, 0.15) is 44.1 Å². The van der Waals surface area contributed by atoms with Crippen LogP contribution < -0.4 is 10.1 Å². The normalized spacial score (nSPS) is 26.9. The molecule has 0 aromatic heterocycles. The van der Waals surface area contributed by atoms with Gasteiger partial charge in [-0.2, -0.15) is 0 Å². The number of nitrogens with one attached hydrogen (secondary N) is 1. The van der Waals surface area contributed by atoms with Crippen molar-refractivity contribution in [1.29, 1.82) is 0 Å². The van der Waals surface area contributed by atoms with Crippen LogP contribution in [0, 0.1) is 27.1 Å². The Morgan fingerprint density at radius 3 is 2.66 bits per heavy atom. The summed E-state index contributed by atoms with van der Waals surface area (Å²) in [6.07, 6.45) is 5.31. The minimum absolute atomic E-state index is 0.0481. The number of halogens is 2. The zero-order valence-corrected chi connectivity index (χ0v) is 25.2. The summed E-state index contributed by atoms with van der Waals surface area (Å²) < 4.78 is 21.0. The zero-order chi connectivity index (χ0) is 28.9. The quantitative estimate of drug-likeness (QED) is 0.310. The van der Waals surface area contributed by atoms with Gasteiger partial charge in [-0.3, -0.25) is 9.59 Å². The Morgan fingerprint density at radius 1 is 1.12 bits per heavy atom. The Morgan fingerprint density at radius 2 is 1.95 bits per heavy atom. The Kier molecular flexibility index (Phi) is 9.98. The number of nitrogens with zero attached hydrogens (tertiary/aromatic N) is 1. The van der Waals surface area contributed by atoms with E-state index in [1.165, 1.54) is 31.4 Å². The van der Waals surface area contributed by atoms with E-state index in [0.717, 1.165) is 15.6 Å². The van der Waals surface area contributed by atoms with Gasteiger partial charge in [-0.15, -0.1) is 0 Å². The van der Waals surface area contributed by atoms with Gasteiger partial charge in [0, 0.05) is 31.5 Å². The zero-order valence-electron chi connectivity index (χ0n) is 23.1. The molecule has 220 valence electrons. The maximum Gasteiger partial charge on any atom is 0.247 e. The molecule has 2 bridgehead atoms. The first kappa shape index (κ1) is 30.0. The fourth-order valence-corrected chi connectivity index (χ4v) is 7.37. The van der Waals surface area contributed by atoms with Crippen molar-refractivity contribution in [3.05, 3.63) is 75.1 Å². The second-order valence-electron chi connectivity index (χ2n) is 11.6. The van der Waals surface area contributed by atoms with Crippen LogP contribution in [0.5, 0.6) is 5.75 Å². The molecule has 0 aliphatic heterocycles. The molecule has 6 unspecified atom stereocenters. The van der Waals surface area contributed by atoms with E-state index in [2.05, 4.69) is 27.9 Å². The molecule has 0 radical (unpaired) electrons. The second-order valence-corrected chi connectivity index (χ2v) is 12.7. The van der Waals surface area contributed by atoms with E-state index in [-0.39, 0.29) is 43.7 Å². The Bertz CT molecular complexity index is 1270. The lowest BCUT2D eigenvalue weighted by Crippen LogP contribution is -2.55. The molecule has 0 saturated heterocycles. The summed E-state index contributed by atoms with van der Waals surface area (Å²) in [7, 11) is 0. The van der Waals surface area contributed by atoms with E-state index in [1.807, 2.05) is 24.3 Å². The first-order chi connectivity index (χ1) is 19.8. The molecule has 3 aliphatic carbocycles. The lowest BCUT2D eigenvalue weighted by Gasteiger charge is -2.41. The summed E-state index contributed by atoms with van der Waals surface area (Å²) in [5.74, 6) is 1.43. The molecule has 2 saturated carbocycles. The van der Waals surface area contributed by atoms with Crippen LogP contribution in [0.4, 0.5) is 4.39 Å². The first-order valence-corrected chi connectivity index (χ1v) is 15.6. The third-order valence-electron chi connectivity index (χ3n) is 8.89. The lowest BCUT2D eigenvalue weighted by atomic mass is 9.84. The number of rotatable bonds is 11. The van der Waals surface area contributed by atoms with Gasteiger partial charge in [-0.1, -0.05) is 30.7 Å². The molecule has 5 rings (SSSR count). The molecular formula is C32H38FIN2O5. The molecule has 2 aromatic rings. The van der Waals surface area contributed by atoms with Crippen LogP contribution in [-0.4, -0.2) is 64.9 Å². The Labute approximate surface area is 254 Å². The summed E-state index contributed by atoms with van der Waals surface area (Å²) >= 11 is 2.16. The van der Waals surface area contributed by atoms with Crippen molar-refractivity contribution >= 4 is 34.4 Å². The highest BCUT2D eigenvalue weighted by molar-refractivity contribution is 14.1. The van der Waals surface area contributed by atoms with Crippen LogP contribution in [-0.2, 0) is 16.0 Å². The highest BCUT2D eigenvalue weighted by Gasteiger charge is 2.44. The lowest BCUT2D eigenvalue weighted by molar-refractivity contribution is -0.140. The molecule has 0 heterocycles. The van der Waals surface area contributed by atoms with Crippen molar-refractivity contribution in [2.45, 2.75) is 63.2 Å². The number of hydrogen-bond acceptors (Lipinski definition) is 5. The number of para-hydroxylation sites is 1. The summed E-state index contributed by atoms with van der Waals surface area (Å²) in [4.78, 5) is 28.8. The van der Waals surface area contributed by atoms with Gasteiger partial charge in [0.1, 0.15) is 23.8 Å². The Balaban J connectivity index is 1.42. The molecule has 7 nitrogen and oxygen atoms in total. The molecule has 3 aliphatic rings. The van der Waals surface area contributed by atoms with E-state index in [0.29, 0.717) is 41.9 Å². The van der Waals surface area contributed by atoms with Gasteiger partial charge in [-0.25, -0.2) is 4.39 Å². The maximum absolute atomic E-state index is 14.0. The molecule has 41 heavy (non-hydrogen) atoms. The Hall–Kier alpha value is -2.50. The standard InChI is InChI=1S/C32H38FIN2O5/c33-25-5-3-4-20(16-25)10-12-36(30(38)19-23-15-21-8-9-22(23)14-21)27-17-24(32(40)35-11-13-37)18-29(31(27)39)41-28-7-2-1-6-26(28)34/h1-7,16,18,21-23,27,29,31,37,39H,8-15,17,19H2,(H,35,40). The van der Waals surface area contributed by atoms with E-state index < -0.39 is 18.2 Å². The number of carbonyl (C=O) groups excluding carboxylic acids is 2. The number of carbonyl (C=O) groups is 2. The number of amides is 2. The maximum atomic E-state index is 14.0. The number of benzene rings is 2. The summed E-state index contributed by atoms with van der Waals surface area (Å²) in [5.41, 5.74) is 1.16. The van der Waals surface area contributed by atoms with Crippen molar-refractivity contribution in [2.75, 3.05) is 19.7 Å². The average molecular weight is 677 g/mol. The largest absolute Gasteiger partial charge is 0.482 e. The average Bonchev–Trinajstić information content (AvgIpc) is 3.58. The SMILES string of the molecule is O=C(NCCO)C1=CC(Oc2ccccc2I)C(O)C(N(CCc2cccc(F)c2)C(=O)CC2CC3CCC2C3)C1. The predicted octanol–water partition coefficient (Wildman–Crippen LogP) is 4.24. The van der Waals surface area contributed by atoms with Crippen LogP contribution in [0.3, 0.4) is 0 Å². The van der Waals surface area contributed by atoms with Gasteiger partial charge in [0.25, 0.3) is 0 Å². The van der Waals surface area contributed by atoms with Crippen LogP contribution in [0.15, 0.2) is 60.2 Å². The monoisotopic (exact) mass is 676 g/mol. The minimum atomic E-state index is -1.09. The molecule has 2 aromatic carbocycles. The van der Waals surface area contributed by atoms with E-state index in [9.17, 15) is 24.2 Å². The van der Waals surface area contributed by atoms with Gasteiger partial charge in [-0.05, 0) is 102 Å². The minimum Gasteiger partial charge on any atom is -0.482 e. The summed E-state index contributed by atoms with van der Waals surface area (Å²) in [5, 5.41) is 23.6. The highest BCUT2D eigenvalue weighted by Crippen LogP contribution is 2.49. The molecule has 2 fully saturated rings. The fraction of sp³-hybridized carbons (Fsp3) is 0.500. The van der Waals surface area contributed by atoms with Gasteiger partial charge in [0.05, 0.1) is 16.2 Å².